The predicted molar refractivity (Wildman–Crippen MR) is 116 cm³/mol. The highest BCUT2D eigenvalue weighted by Crippen LogP contribution is 2.24. The van der Waals surface area contributed by atoms with Gasteiger partial charge in [-0.05, 0) is 71.7 Å². The summed E-state index contributed by atoms with van der Waals surface area (Å²) in [6, 6.07) is 6.15. The van der Waals surface area contributed by atoms with Gasteiger partial charge in [-0.1, -0.05) is 17.7 Å². The van der Waals surface area contributed by atoms with Crippen molar-refractivity contribution in [2.75, 3.05) is 13.1 Å². The number of carbonyl (C=O) groups is 1. The topological polar surface area (TPSA) is 38.8 Å². The standard InChI is InChI=1S/C19H35NO3Si3/c1-16-11-12-17(19(21)20-13-9-10-14-20)18(15-16)26(8,22-24(2,3)4)23-25(5,6)7/h11-12,15H,9-10,13-14H2,1-8H3. The van der Waals surface area contributed by atoms with E-state index in [1.165, 1.54) is 0 Å². The third-order valence-corrected chi connectivity index (χ3v) is 13.7. The lowest BCUT2D eigenvalue weighted by atomic mass is 10.1. The number of nitrogens with zero attached hydrogens (tertiary/aromatic N) is 1. The minimum Gasteiger partial charge on any atom is -0.433 e. The zero-order valence-electron chi connectivity index (χ0n) is 17.7. The smallest absolute Gasteiger partial charge is 0.349 e. The third-order valence-electron chi connectivity index (χ3n) is 4.29. The van der Waals surface area contributed by atoms with Crippen molar-refractivity contribution in [2.45, 2.75) is 65.6 Å². The number of hydrogen-bond acceptors (Lipinski definition) is 3. The number of amides is 1. The molecule has 0 aromatic heterocycles. The van der Waals surface area contributed by atoms with E-state index in [4.69, 9.17) is 8.23 Å². The highest BCUT2D eigenvalue weighted by molar-refractivity contribution is 6.94. The molecule has 0 saturated carbocycles. The molecule has 2 rings (SSSR count). The summed E-state index contributed by atoms with van der Waals surface area (Å²) in [5.41, 5.74) is 1.93. The maximum atomic E-state index is 13.2. The molecule has 1 saturated heterocycles. The summed E-state index contributed by atoms with van der Waals surface area (Å²) in [5, 5.41) is 1.01. The number of benzene rings is 1. The number of hydrogen-bond donors (Lipinski definition) is 0. The van der Waals surface area contributed by atoms with Crippen LogP contribution in [0.3, 0.4) is 0 Å². The van der Waals surface area contributed by atoms with Gasteiger partial charge in [0.1, 0.15) is 0 Å². The Hall–Kier alpha value is -0.739. The minimum atomic E-state index is -2.71. The molecule has 1 aromatic carbocycles. The predicted octanol–water partition coefficient (Wildman–Crippen LogP) is 4.21. The average Bonchev–Trinajstić information content (AvgIpc) is 2.96. The Morgan fingerprint density at radius 2 is 1.42 bits per heavy atom. The van der Waals surface area contributed by atoms with Crippen molar-refractivity contribution in [3.63, 3.8) is 0 Å². The Kier molecular flexibility index (Phi) is 6.39. The monoisotopic (exact) mass is 409 g/mol. The fourth-order valence-electron chi connectivity index (χ4n) is 3.61. The molecule has 0 bridgehead atoms. The van der Waals surface area contributed by atoms with E-state index in [-0.39, 0.29) is 5.91 Å². The number of rotatable bonds is 6. The fraction of sp³-hybridized carbons (Fsp3) is 0.632. The van der Waals surface area contributed by atoms with E-state index in [0.29, 0.717) is 0 Å². The van der Waals surface area contributed by atoms with Gasteiger partial charge in [0.15, 0.2) is 16.6 Å². The highest BCUT2D eigenvalue weighted by atomic mass is 28.5. The number of likely N-dealkylation sites (tertiary alicyclic amines) is 1. The van der Waals surface area contributed by atoms with E-state index in [1.807, 2.05) is 17.0 Å². The molecule has 1 amide bonds. The first-order valence-corrected chi connectivity index (χ1v) is 18.7. The Morgan fingerprint density at radius 3 is 1.88 bits per heavy atom. The van der Waals surface area contributed by atoms with Crippen LogP contribution in [-0.2, 0) is 8.23 Å². The van der Waals surface area contributed by atoms with Crippen LogP contribution in [0.4, 0.5) is 0 Å². The lowest BCUT2D eigenvalue weighted by Gasteiger charge is -2.39. The van der Waals surface area contributed by atoms with Gasteiger partial charge in [-0.25, -0.2) is 0 Å². The molecule has 0 aliphatic carbocycles. The summed E-state index contributed by atoms with van der Waals surface area (Å²) in [4.78, 5) is 15.2. The summed E-state index contributed by atoms with van der Waals surface area (Å²) in [7, 11) is -6.41. The maximum Gasteiger partial charge on any atom is 0.349 e. The van der Waals surface area contributed by atoms with E-state index < -0.39 is 25.2 Å². The second-order valence-electron chi connectivity index (χ2n) is 9.42. The zero-order valence-corrected chi connectivity index (χ0v) is 20.7. The zero-order chi connectivity index (χ0) is 19.8. The van der Waals surface area contributed by atoms with Crippen LogP contribution in [0.1, 0.15) is 28.8 Å². The quantitative estimate of drug-likeness (QED) is 0.661. The molecule has 4 nitrogen and oxygen atoms in total. The SMILES string of the molecule is Cc1ccc(C(=O)N2CCCC2)c([Si](C)(O[Si](C)(C)C)O[Si](C)(C)C)c1. The summed E-state index contributed by atoms with van der Waals surface area (Å²) in [6.45, 7) is 19.1. The fourth-order valence-corrected chi connectivity index (χ4v) is 15.5. The molecule has 1 aliphatic heterocycles. The van der Waals surface area contributed by atoms with Crippen LogP contribution in [0.15, 0.2) is 18.2 Å². The van der Waals surface area contributed by atoms with Crippen molar-refractivity contribution in [3.05, 3.63) is 29.3 Å². The van der Waals surface area contributed by atoms with Gasteiger partial charge in [0.05, 0.1) is 0 Å². The van der Waals surface area contributed by atoms with Crippen LogP contribution in [-0.4, -0.2) is 49.1 Å². The number of aryl methyl sites for hydroxylation is 1. The van der Waals surface area contributed by atoms with E-state index in [1.54, 1.807) is 0 Å². The van der Waals surface area contributed by atoms with Crippen molar-refractivity contribution in [1.29, 1.82) is 0 Å². The molecule has 146 valence electrons. The first-order valence-electron chi connectivity index (χ1n) is 9.61. The van der Waals surface area contributed by atoms with Crippen LogP contribution >= 0.6 is 0 Å². The second kappa shape index (κ2) is 7.71. The molecule has 0 radical (unpaired) electrons. The highest BCUT2D eigenvalue weighted by Gasteiger charge is 2.44. The van der Waals surface area contributed by atoms with Crippen LogP contribution in [0.5, 0.6) is 0 Å². The lowest BCUT2D eigenvalue weighted by Crippen LogP contribution is -2.61. The molecule has 0 atom stereocenters. The molecule has 1 heterocycles. The lowest BCUT2D eigenvalue weighted by molar-refractivity contribution is 0.0793. The summed E-state index contributed by atoms with van der Waals surface area (Å²) < 4.78 is 13.4. The summed E-state index contributed by atoms with van der Waals surface area (Å²) in [6.07, 6.45) is 2.19. The normalized spacial score (nSPS) is 16.2. The van der Waals surface area contributed by atoms with Crippen molar-refractivity contribution < 1.29 is 13.0 Å². The molecule has 0 N–H and O–H groups in total. The Labute approximate surface area is 162 Å². The van der Waals surface area contributed by atoms with E-state index in [2.05, 4.69) is 58.8 Å². The van der Waals surface area contributed by atoms with Crippen molar-refractivity contribution in [3.8, 4) is 0 Å². The molecule has 1 aromatic rings. The van der Waals surface area contributed by atoms with Crippen LogP contribution in [0.25, 0.3) is 0 Å². The first kappa shape index (κ1) is 21.6. The van der Waals surface area contributed by atoms with Gasteiger partial charge in [0, 0.05) is 23.8 Å². The first-order chi connectivity index (χ1) is 11.8. The maximum absolute atomic E-state index is 13.2. The Balaban J connectivity index is 2.55. The van der Waals surface area contributed by atoms with Gasteiger partial charge in [-0.3, -0.25) is 4.79 Å². The number of carbonyl (C=O) groups excluding carboxylic acids is 1. The molecule has 0 spiro atoms. The Morgan fingerprint density at radius 1 is 0.923 bits per heavy atom. The van der Waals surface area contributed by atoms with Gasteiger partial charge >= 0.3 is 8.56 Å². The molecule has 26 heavy (non-hydrogen) atoms. The van der Waals surface area contributed by atoms with Crippen molar-refractivity contribution >= 4 is 36.3 Å². The van der Waals surface area contributed by atoms with Gasteiger partial charge in [-0.2, -0.15) is 0 Å². The van der Waals surface area contributed by atoms with Gasteiger partial charge in [-0.15, -0.1) is 0 Å². The molecule has 7 heteroatoms. The summed E-state index contributed by atoms with van der Waals surface area (Å²) >= 11 is 0. The van der Waals surface area contributed by atoms with E-state index >= 15 is 0 Å². The second-order valence-corrected chi connectivity index (χ2v) is 21.9. The molecule has 1 aliphatic rings. The van der Waals surface area contributed by atoms with Gasteiger partial charge < -0.3 is 13.1 Å². The Bertz CT molecular complexity index is 643. The van der Waals surface area contributed by atoms with Crippen molar-refractivity contribution in [2.24, 2.45) is 0 Å². The average molecular weight is 410 g/mol. The largest absolute Gasteiger partial charge is 0.433 e. The van der Waals surface area contributed by atoms with E-state index in [0.717, 1.165) is 42.2 Å². The summed E-state index contributed by atoms with van der Waals surface area (Å²) in [5.74, 6) is 0.134. The molecular weight excluding hydrogens is 374 g/mol. The molecular formula is C19H35NO3Si3. The van der Waals surface area contributed by atoms with Crippen LogP contribution in [0, 0.1) is 6.92 Å². The van der Waals surface area contributed by atoms with Gasteiger partial charge in [0.25, 0.3) is 5.91 Å². The molecule has 1 fully saturated rings. The van der Waals surface area contributed by atoms with Crippen LogP contribution in [0.2, 0.25) is 45.8 Å². The third kappa shape index (κ3) is 5.63. The van der Waals surface area contributed by atoms with E-state index in [9.17, 15) is 4.79 Å². The van der Waals surface area contributed by atoms with Gasteiger partial charge in [0.2, 0.25) is 0 Å². The van der Waals surface area contributed by atoms with Crippen LogP contribution < -0.4 is 5.19 Å². The van der Waals surface area contributed by atoms with Crippen molar-refractivity contribution in [1.82, 2.24) is 4.90 Å². The molecule has 0 unspecified atom stereocenters. The minimum absolute atomic E-state index is 0.134.